The number of carbonyl (C=O) groups excluding carboxylic acids is 1. The predicted molar refractivity (Wildman–Crippen MR) is 81.7 cm³/mol. The first-order chi connectivity index (χ1) is 9.81. The van der Waals surface area contributed by atoms with Crippen LogP contribution >= 0.6 is 0 Å². The topological polar surface area (TPSA) is 41.1 Å². The van der Waals surface area contributed by atoms with Gasteiger partial charge in [-0.1, -0.05) is 42.5 Å². The first-order valence-corrected chi connectivity index (χ1v) is 7.29. The molecule has 3 nitrogen and oxygen atoms in total. The number of fused-ring (bicyclic) bond motifs is 1. The summed E-state index contributed by atoms with van der Waals surface area (Å²) in [5, 5.41) is 8.85. The summed E-state index contributed by atoms with van der Waals surface area (Å²) in [6, 6.07) is 14.8. The van der Waals surface area contributed by atoms with Crippen molar-refractivity contribution >= 4 is 16.7 Å². The molecule has 1 aliphatic rings. The number of rotatable bonds is 3. The summed E-state index contributed by atoms with van der Waals surface area (Å²) in [5.74, 6) is 0.132. The highest BCUT2D eigenvalue weighted by Crippen LogP contribution is 2.16. The number of hydrogen-bond acceptors (Lipinski definition) is 2. The van der Waals surface area contributed by atoms with Crippen molar-refractivity contribution in [3.05, 3.63) is 48.0 Å². The second kappa shape index (κ2) is 6.06. The van der Waals surface area contributed by atoms with Crippen LogP contribution in [0.15, 0.2) is 42.5 Å². The molecule has 3 rings (SSSR count). The van der Waals surface area contributed by atoms with E-state index in [4.69, 9.17) is 0 Å². The molecule has 3 heteroatoms. The average molecular weight is 268 g/mol. The van der Waals surface area contributed by atoms with Gasteiger partial charge < -0.3 is 10.6 Å². The summed E-state index contributed by atoms with van der Waals surface area (Å²) in [5.41, 5.74) is 1.08. The van der Waals surface area contributed by atoms with Crippen molar-refractivity contribution in [1.82, 2.24) is 10.6 Å². The highest BCUT2D eigenvalue weighted by atomic mass is 16.1. The van der Waals surface area contributed by atoms with Crippen molar-refractivity contribution in [3.63, 3.8) is 0 Å². The van der Waals surface area contributed by atoms with Gasteiger partial charge in [-0.25, -0.2) is 0 Å². The second-order valence-electron chi connectivity index (χ2n) is 5.45. The van der Waals surface area contributed by atoms with E-state index < -0.39 is 0 Å². The quantitative estimate of drug-likeness (QED) is 0.896. The van der Waals surface area contributed by atoms with Gasteiger partial charge in [0.15, 0.2) is 0 Å². The van der Waals surface area contributed by atoms with Crippen molar-refractivity contribution in [2.24, 2.45) is 0 Å². The van der Waals surface area contributed by atoms with Crippen LogP contribution < -0.4 is 10.6 Å². The highest BCUT2D eigenvalue weighted by molar-refractivity contribution is 5.85. The summed E-state index contributed by atoms with van der Waals surface area (Å²) in [6.45, 7) is 2.00. The fourth-order valence-corrected chi connectivity index (χ4v) is 2.78. The molecule has 1 aliphatic heterocycles. The number of carbonyl (C=O) groups is 1. The third-order valence-electron chi connectivity index (χ3n) is 3.88. The zero-order valence-electron chi connectivity index (χ0n) is 11.6. The molecule has 104 valence electrons. The zero-order valence-corrected chi connectivity index (χ0v) is 11.6. The van der Waals surface area contributed by atoms with Gasteiger partial charge >= 0.3 is 0 Å². The summed E-state index contributed by atoms with van der Waals surface area (Å²) in [4.78, 5) is 12.1. The maximum atomic E-state index is 12.1. The van der Waals surface area contributed by atoms with Crippen LogP contribution in [0.3, 0.4) is 0 Å². The third-order valence-corrected chi connectivity index (χ3v) is 3.88. The van der Waals surface area contributed by atoms with Gasteiger partial charge in [0.05, 0.1) is 6.42 Å². The average Bonchev–Trinajstić information content (AvgIpc) is 2.48. The van der Waals surface area contributed by atoms with Gasteiger partial charge in [0.25, 0.3) is 0 Å². The molecular weight excluding hydrogens is 248 g/mol. The lowest BCUT2D eigenvalue weighted by molar-refractivity contribution is -0.121. The van der Waals surface area contributed by atoms with Gasteiger partial charge in [0.1, 0.15) is 0 Å². The summed E-state index contributed by atoms with van der Waals surface area (Å²) >= 11 is 0. The van der Waals surface area contributed by atoms with Crippen molar-refractivity contribution in [2.75, 3.05) is 13.1 Å². The van der Waals surface area contributed by atoms with Crippen LogP contribution in [0.4, 0.5) is 0 Å². The van der Waals surface area contributed by atoms with Crippen LogP contribution in [0.5, 0.6) is 0 Å². The van der Waals surface area contributed by atoms with Crippen molar-refractivity contribution < 1.29 is 4.79 Å². The molecule has 0 aromatic heterocycles. The molecule has 0 aliphatic carbocycles. The van der Waals surface area contributed by atoms with E-state index >= 15 is 0 Å². The molecule has 0 spiro atoms. The minimum atomic E-state index is 0.132. The smallest absolute Gasteiger partial charge is 0.224 e. The van der Waals surface area contributed by atoms with E-state index in [1.807, 2.05) is 18.2 Å². The van der Waals surface area contributed by atoms with E-state index in [1.54, 1.807) is 0 Å². The van der Waals surface area contributed by atoms with E-state index in [0.717, 1.165) is 31.5 Å². The molecule has 0 unspecified atom stereocenters. The Labute approximate surface area is 119 Å². The fraction of sp³-hybridized carbons (Fsp3) is 0.353. The second-order valence-corrected chi connectivity index (χ2v) is 5.45. The molecule has 1 amide bonds. The van der Waals surface area contributed by atoms with Crippen LogP contribution in [0.1, 0.15) is 18.4 Å². The predicted octanol–water partition coefficient (Wildman–Crippen LogP) is 2.25. The first-order valence-electron chi connectivity index (χ1n) is 7.29. The lowest BCUT2D eigenvalue weighted by atomic mass is 10.0. The molecule has 2 aromatic carbocycles. The first kappa shape index (κ1) is 13.1. The number of benzene rings is 2. The lowest BCUT2D eigenvalue weighted by Crippen LogP contribution is -2.43. The van der Waals surface area contributed by atoms with Gasteiger partial charge in [0, 0.05) is 6.04 Å². The van der Waals surface area contributed by atoms with Crippen molar-refractivity contribution in [2.45, 2.75) is 25.3 Å². The number of hydrogen-bond donors (Lipinski definition) is 2. The standard InChI is InChI=1S/C17H20N2O/c20-17(19-16-7-9-18-10-8-16)12-13-5-6-14-3-1-2-4-15(14)11-13/h1-6,11,16,18H,7-10,12H2,(H,19,20). The Morgan fingerprint density at radius 3 is 2.65 bits per heavy atom. The molecular formula is C17H20N2O. The minimum Gasteiger partial charge on any atom is -0.353 e. The van der Waals surface area contributed by atoms with E-state index in [2.05, 4.69) is 34.9 Å². The summed E-state index contributed by atoms with van der Waals surface area (Å²) in [6.07, 6.45) is 2.53. The minimum absolute atomic E-state index is 0.132. The largest absolute Gasteiger partial charge is 0.353 e. The van der Waals surface area contributed by atoms with Gasteiger partial charge in [-0.2, -0.15) is 0 Å². The number of nitrogens with one attached hydrogen (secondary N) is 2. The molecule has 0 radical (unpaired) electrons. The van der Waals surface area contributed by atoms with Crippen LogP contribution in [-0.4, -0.2) is 25.0 Å². The Bertz CT molecular complexity index is 603. The Morgan fingerprint density at radius 2 is 1.85 bits per heavy atom. The zero-order chi connectivity index (χ0) is 13.8. The molecule has 20 heavy (non-hydrogen) atoms. The van der Waals surface area contributed by atoms with Crippen LogP contribution in [0.2, 0.25) is 0 Å². The summed E-state index contributed by atoms with van der Waals surface area (Å²) in [7, 11) is 0. The summed E-state index contributed by atoms with van der Waals surface area (Å²) < 4.78 is 0. The molecule has 1 fully saturated rings. The monoisotopic (exact) mass is 268 g/mol. The fourth-order valence-electron chi connectivity index (χ4n) is 2.78. The van der Waals surface area contributed by atoms with Gasteiger partial charge in [-0.3, -0.25) is 4.79 Å². The Hall–Kier alpha value is -1.87. The molecule has 2 aromatic rings. The third kappa shape index (κ3) is 3.17. The van der Waals surface area contributed by atoms with E-state index in [0.29, 0.717) is 12.5 Å². The lowest BCUT2D eigenvalue weighted by Gasteiger charge is -2.23. The van der Waals surface area contributed by atoms with E-state index in [-0.39, 0.29) is 5.91 Å². The Morgan fingerprint density at radius 1 is 1.10 bits per heavy atom. The molecule has 1 heterocycles. The van der Waals surface area contributed by atoms with E-state index in [9.17, 15) is 4.79 Å². The molecule has 2 N–H and O–H groups in total. The number of amides is 1. The SMILES string of the molecule is O=C(Cc1ccc2ccccc2c1)NC1CCNCC1. The van der Waals surface area contributed by atoms with Crippen LogP contribution in [0, 0.1) is 0 Å². The Kier molecular flexibility index (Phi) is 3.97. The van der Waals surface area contributed by atoms with Crippen molar-refractivity contribution in [3.8, 4) is 0 Å². The molecule has 0 atom stereocenters. The molecule has 0 bridgehead atoms. The van der Waals surface area contributed by atoms with Gasteiger partial charge in [0.2, 0.25) is 5.91 Å². The van der Waals surface area contributed by atoms with Gasteiger partial charge in [-0.05, 0) is 42.3 Å². The van der Waals surface area contributed by atoms with Crippen LogP contribution in [-0.2, 0) is 11.2 Å². The highest BCUT2D eigenvalue weighted by Gasteiger charge is 2.15. The number of piperidine rings is 1. The molecule has 0 saturated carbocycles. The van der Waals surface area contributed by atoms with Gasteiger partial charge in [-0.15, -0.1) is 0 Å². The maximum absolute atomic E-state index is 12.1. The van der Waals surface area contributed by atoms with E-state index in [1.165, 1.54) is 10.8 Å². The van der Waals surface area contributed by atoms with Crippen molar-refractivity contribution in [1.29, 1.82) is 0 Å². The van der Waals surface area contributed by atoms with Crippen LogP contribution in [0.25, 0.3) is 10.8 Å². The molecule has 1 saturated heterocycles. The Balaban J connectivity index is 1.64. The maximum Gasteiger partial charge on any atom is 0.224 e. The normalized spacial score (nSPS) is 16.2.